The van der Waals surface area contributed by atoms with Crippen molar-refractivity contribution < 1.29 is 18.6 Å². The lowest BCUT2D eigenvalue weighted by Crippen LogP contribution is -2.01. The number of phenolic OH excluding ortho intramolecular Hbond substituents is 2. The first kappa shape index (κ1) is 18.8. The quantitative estimate of drug-likeness (QED) is 0.488. The molecule has 5 heteroatoms. The van der Waals surface area contributed by atoms with Crippen LogP contribution in [0, 0.1) is 0 Å². The third-order valence-electron chi connectivity index (χ3n) is 4.74. The van der Waals surface area contributed by atoms with Crippen LogP contribution in [-0.4, -0.2) is 18.6 Å². The summed E-state index contributed by atoms with van der Waals surface area (Å²) in [4.78, 5) is 0.393. The summed E-state index contributed by atoms with van der Waals surface area (Å²) in [6.07, 6.45) is 0. The Morgan fingerprint density at radius 2 is 0.966 bits per heavy atom. The number of sulfone groups is 1. The highest BCUT2D eigenvalue weighted by Gasteiger charge is 2.18. The molecular weight excluding hydrogens is 384 g/mol. The second-order valence-corrected chi connectivity index (χ2v) is 8.57. The van der Waals surface area contributed by atoms with Gasteiger partial charge < -0.3 is 10.2 Å². The first-order valence-corrected chi connectivity index (χ1v) is 10.5. The fraction of sp³-hybridized carbons (Fsp3) is 0. The molecule has 4 aromatic rings. The van der Waals surface area contributed by atoms with Gasteiger partial charge in [0.15, 0.2) is 0 Å². The van der Waals surface area contributed by atoms with Gasteiger partial charge in [0.25, 0.3) is 0 Å². The van der Waals surface area contributed by atoms with Crippen LogP contribution in [-0.2, 0) is 9.84 Å². The maximum absolute atomic E-state index is 13.0. The molecule has 0 saturated carbocycles. The van der Waals surface area contributed by atoms with Gasteiger partial charge in [-0.15, -0.1) is 0 Å². The molecular formula is C24H18O4S. The van der Waals surface area contributed by atoms with Gasteiger partial charge in [-0.2, -0.15) is 0 Å². The highest BCUT2D eigenvalue weighted by Crippen LogP contribution is 2.31. The van der Waals surface area contributed by atoms with Crippen LogP contribution in [0.15, 0.2) is 107 Å². The molecule has 0 bridgehead atoms. The van der Waals surface area contributed by atoms with Crippen LogP contribution in [0.3, 0.4) is 0 Å². The Hall–Kier alpha value is -3.57. The number of hydrogen-bond donors (Lipinski definition) is 2. The van der Waals surface area contributed by atoms with Crippen molar-refractivity contribution in [2.75, 3.05) is 0 Å². The first-order valence-electron chi connectivity index (χ1n) is 8.98. The molecule has 2 N–H and O–H groups in total. The van der Waals surface area contributed by atoms with Crippen molar-refractivity contribution in [3.63, 3.8) is 0 Å². The van der Waals surface area contributed by atoms with Crippen molar-refractivity contribution >= 4 is 9.84 Å². The van der Waals surface area contributed by atoms with E-state index in [4.69, 9.17) is 0 Å². The van der Waals surface area contributed by atoms with Crippen molar-refractivity contribution in [1.82, 2.24) is 0 Å². The second kappa shape index (κ2) is 7.45. The van der Waals surface area contributed by atoms with Crippen LogP contribution in [0.2, 0.25) is 0 Å². The molecule has 0 spiro atoms. The average molecular weight is 402 g/mol. The minimum absolute atomic E-state index is 0.146. The molecule has 0 fully saturated rings. The smallest absolute Gasteiger partial charge is 0.206 e. The highest BCUT2D eigenvalue weighted by atomic mass is 32.2. The molecule has 0 saturated heterocycles. The number of phenols is 2. The fourth-order valence-corrected chi connectivity index (χ4v) is 4.41. The van der Waals surface area contributed by atoms with E-state index in [2.05, 4.69) is 0 Å². The molecule has 4 rings (SSSR count). The maximum Gasteiger partial charge on any atom is 0.206 e. The maximum atomic E-state index is 13.0. The molecule has 29 heavy (non-hydrogen) atoms. The zero-order valence-electron chi connectivity index (χ0n) is 15.4. The van der Waals surface area contributed by atoms with E-state index in [1.54, 1.807) is 91.0 Å². The van der Waals surface area contributed by atoms with E-state index in [0.717, 1.165) is 16.7 Å². The van der Waals surface area contributed by atoms with Crippen LogP contribution in [0.4, 0.5) is 0 Å². The van der Waals surface area contributed by atoms with Crippen LogP contribution in [0.1, 0.15) is 0 Å². The normalized spacial score (nSPS) is 11.3. The summed E-state index contributed by atoms with van der Waals surface area (Å²) in [6, 6.07) is 26.8. The van der Waals surface area contributed by atoms with Gasteiger partial charge in [-0.3, -0.25) is 0 Å². The molecule has 0 aromatic heterocycles. The van der Waals surface area contributed by atoms with E-state index >= 15 is 0 Å². The number of hydrogen-bond acceptors (Lipinski definition) is 4. The van der Waals surface area contributed by atoms with Crippen LogP contribution < -0.4 is 0 Å². The molecule has 0 unspecified atom stereocenters. The predicted molar refractivity (Wildman–Crippen MR) is 113 cm³/mol. The standard InChI is InChI=1S/C24H18O4S/c25-20-11-5-17(6-12-20)18-7-13-21(14-8-18)29(27,28)22-15-9-19(10-16-22)23-3-1-2-4-24(23)26/h1-16,25-26H. The number of rotatable bonds is 4. The zero-order valence-corrected chi connectivity index (χ0v) is 16.2. The van der Waals surface area contributed by atoms with Gasteiger partial charge in [-0.1, -0.05) is 54.6 Å². The summed E-state index contributed by atoms with van der Waals surface area (Å²) in [6.45, 7) is 0. The number of benzene rings is 4. The SMILES string of the molecule is O=S(=O)(c1ccc(-c2ccc(O)cc2)cc1)c1ccc(-c2ccccc2O)cc1. The summed E-state index contributed by atoms with van der Waals surface area (Å²) >= 11 is 0. The van der Waals surface area contributed by atoms with Crippen molar-refractivity contribution in [3.8, 4) is 33.8 Å². The largest absolute Gasteiger partial charge is 0.508 e. The molecule has 0 radical (unpaired) electrons. The number of para-hydroxylation sites is 1. The third kappa shape index (κ3) is 3.73. The van der Waals surface area contributed by atoms with E-state index in [9.17, 15) is 18.6 Å². The van der Waals surface area contributed by atoms with Gasteiger partial charge in [-0.25, -0.2) is 8.42 Å². The lowest BCUT2D eigenvalue weighted by molar-refractivity contribution is 0.475. The topological polar surface area (TPSA) is 74.6 Å². The average Bonchev–Trinajstić information content (AvgIpc) is 2.75. The van der Waals surface area contributed by atoms with Gasteiger partial charge in [0.2, 0.25) is 9.84 Å². The molecule has 0 aliphatic rings. The van der Waals surface area contributed by atoms with Crippen molar-refractivity contribution in [3.05, 3.63) is 97.1 Å². The molecule has 4 nitrogen and oxygen atoms in total. The Kier molecular flexibility index (Phi) is 4.82. The van der Waals surface area contributed by atoms with Gasteiger partial charge in [0.1, 0.15) is 11.5 Å². The second-order valence-electron chi connectivity index (χ2n) is 6.62. The Balaban J connectivity index is 1.63. The lowest BCUT2D eigenvalue weighted by atomic mass is 10.1. The zero-order chi connectivity index (χ0) is 20.4. The first-order chi connectivity index (χ1) is 13.9. The Labute approximate surface area is 169 Å². The monoisotopic (exact) mass is 402 g/mol. The van der Waals surface area contributed by atoms with Crippen molar-refractivity contribution in [2.24, 2.45) is 0 Å². The summed E-state index contributed by atoms with van der Waals surface area (Å²) in [5.41, 5.74) is 3.14. The van der Waals surface area contributed by atoms with Crippen molar-refractivity contribution in [1.29, 1.82) is 0 Å². The van der Waals surface area contributed by atoms with E-state index in [-0.39, 0.29) is 21.3 Å². The van der Waals surface area contributed by atoms with E-state index in [1.807, 2.05) is 6.07 Å². The molecule has 0 amide bonds. The number of aromatic hydroxyl groups is 2. The third-order valence-corrected chi connectivity index (χ3v) is 6.53. The summed E-state index contributed by atoms with van der Waals surface area (Å²) < 4.78 is 25.9. The Bertz CT molecular complexity index is 1240. The molecule has 0 atom stereocenters. The predicted octanol–water partition coefficient (Wildman–Crippen LogP) is 5.26. The summed E-state index contributed by atoms with van der Waals surface area (Å²) in [7, 11) is -3.66. The molecule has 144 valence electrons. The molecule has 0 heterocycles. The van der Waals surface area contributed by atoms with Gasteiger partial charge in [0.05, 0.1) is 9.79 Å². The lowest BCUT2D eigenvalue weighted by Gasteiger charge is -2.09. The van der Waals surface area contributed by atoms with E-state index in [0.29, 0.717) is 5.56 Å². The highest BCUT2D eigenvalue weighted by molar-refractivity contribution is 7.91. The molecule has 0 aliphatic carbocycles. The van der Waals surface area contributed by atoms with E-state index in [1.165, 1.54) is 0 Å². The fourth-order valence-electron chi connectivity index (χ4n) is 3.15. The Morgan fingerprint density at radius 3 is 1.48 bits per heavy atom. The van der Waals surface area contributed by atoms with Crippen LogP contribution >= 0.6 is 0 Å². The van der Waals surface area contributed by atoms with E-state index < -0.39 is 9.84 Å². The molecule has 4 aromatic carbocycles. The van der Waals surface area contributed by atoms with Gasteiger partial charge >= 0.3 is 0 Å². The minimum Gasteiger partial charge on any atom is -0.508 e. The molecule has 0 aliphatic heterocycles. The summed E-state index contributed by atoms with van der Waals surface area (Å²) in [5.74, 6) is 0.327. The Morgan fingerprint density at radius 1 is 0.517 bits per heavy atom. The summed E-state index contributed by atoms with van der Waals surface area (Å²) in [5, 5.41) is 19.4. The van der Waals surface area contributed by atoms with Gasteiger partial charge in [0, 0.05) is 5.56 Å². The van der Waals surface area contributed by atoms with Crippen molar-refractivity contribution in [2.45, 2.75) is 9.79 Å². The van der Waals surface area contributed by atoms with Crippen LogP contribution in [0.25, 0.3) is 22.3 Å². The van der Waals surface area contributed by atoms with Crippen LogP contribution in [0.5, 0.6) is 11.5 Å². The van der Waals surface area contributed by atoms with Gasteiger partial charge in [-0.05, 0) is 59.2 Å². The minimum atomic E-state index is -3.66.